The summed E-state index contributed by atoms with van der Waals surface area (Å²) < 4.78 is 2.14. The van der Waals surface area contributed by atoms with E-state index < -0.39 is 0 Å². The Labute approximate surface area is 116 Å². The summed E-state index contributed by atoms with van der Waals surface area (Å²) in [5, 5.41) is 0. The van der Waals surface area contributed by atoms with Crippen molar-refractivity contribution in [3.8, 4) is 0 Å². The van der Waals surface area contributed by atoms with E-state index >= 15 is 0 Å². The molecule has 0 aliphatic heterocycles. The van der Waals surface area contributed by atoms with Gasteiger partial charge in [0.25, 0.3) is 0 Å². The first-order chi connectivity index (χ1) is 9.11. The van der Waals surface area contributed by atoms with E-state index in [4.69, 9.17) is 11.6 Å². The van der Waals surface area contributed by atoms with Crippen LogP contribution in [0.4, 0.5) is 5.82 Å². The van der Waals surface area contributed by atoms with Crippen LogP contribution in [-0.4, -0.2) is 16.6 Å². The standard InChI is InChI=1S/C12H18N5OS/c1-8-11(3-4-18-14)19-7-17(8)6-10-5-15-9(2)16-12(10)13/h5,7H,3-4,6,14H2,1-2H3,(H2,13,15,16)/q+1. The number of aryl methyl sites for hydroxylation is 1. The van der Waals surface area contributed by atoms with Crippen molar-refractivity contribution < 1.29 is 9.40 Å². The van der Waals surface area contributed by atoms with E-state index in [2.05, 4.69) is 31.8 Å². The van der Waals surface area contributed by atoms with Crippen LogP contribution >= 0.6 is 11.3 Å². The second-order valence-corrected chi connectivity index (χ2v) is 5.25. The number of thiazole rings is 1. The van der Waals surface area contributed by atoms with Crippen LogP contribution in [0, 0.1) is 13.8 Å². The third kappa shape index (κ3) is 3.25. The zero-order chi connectivity index (χ0) is 13.8. The third-order valence-corrected chi connectivity index (χ3v) is 4.11. The van der Waals surface area contributed by atoms with Crippen molar-refractivity contribution in [3.05, 3.63) is 33.7 Å². The number of nitrogens with two attached hydrogens (primary N) is 2. The highest BCUT2D eigenvalue weighted by Gasteiger charge is 2.17. The number of rotatable bonds is 5. The highest BCUT2D eigenvalue weighted by Crippen LogP contribution is 2.13. The number of aromatic nitrogens is 3. The number of nitrogen functional groups attached to an aromatic ring is 1. The fourth-order valence-electron chi connectivity index (χ4n) is 1.82. The molecule has 0 saturated carbocycles. The molecule has 19 heavy (non-hydrogen) atoms. The Bertz CT molecular complexity index is 569. The lowest BCUT2D eigenvalue weighted by molar-refractivity contribution is -0.689. The van der Waals surface area contributed by atoms with Crippen molar-refractivity contribution in [1.82, 2.24) is 9.97 Å². The molecule has 0 unspecified atom stereocenters. The van der Waals surface area contributed by atoms with E-state index in [1.165, 1.54) is 10.6 Å². The van der Waals surface area contributed by atoms with E-state index in [1.54, 1.807) is 17.5 Å². The molecule has 6 nitrogen and oxygen atoms in total. The van der Waals surface area contributed by atoms with E-state index in [-0.39, 0.29) is 0 Å². The van der Waals surface area contributed by atoms with Gasteiger partial charge in [-0.15, -0.1) is 0 Å². The largest absolute Gasteiger partial charge is 0.383 e. The van der Waals surface area contributed by atoms with Gasteiger partial charge in [-0.1, -0.05) is 11.3 Å². The highest BCUT2D eigenvalue weighted by atomic mass is 32.1. The molecule has 0 radical (unpaired) electrons. The van der Waals surface area contributed by atoms with E-state index in [0.717, 1.165) is 12.0 Å². The van der Waals surface area contributed by atoms with Gasteiger partial charge < -0.3 is 10.6 Å². The molecule has 0 amide bonds. The molecule has 0 fully saturated rings. The fraction of sp³-hybridized carbons (Fsp3) is 0.417. The van der Waals surface area contributed by atoms with Gasteiger partial charge in [-0.05, 0) is 6.92 Å². The van der Waals surface area contributed by atoms with Gasteiger partial charge in [-0.3, -0.25) is 0 Å². The van der Waals surface area contributed by atoms with Crippen LogP contribution in [0.25, 0.3) is 0 Å². The van der Waals surface area contributed by atoms with Crippen molar-refractivity contribution >= 4 is 17.2 Å². The van der Waals surface area contributed by atoms with Gasteiger partial charge in [-0.25, -0.2) is 15.9 Å². The molecule has 0 saturated heterocycles. The SMILES string of the molecule is Cc1ncc(C[n+]2csc(CCON)c2C)c(N)n1. The van der Waals surface area contributed by atoms with Crippen LogP contribution < -0.4 is 16.2 Å². The number of hydrogen-bond acceptors (Lipinski definition) is 6. The molecule has 2 rings (SSSR count). The van der Waals surface area contributed by atoms with Crippen LogP contribution in [-0.2, 0) is 17.8 Å². The second-order valence-electron chi connectivity index (χ2n) is 4.31. The lowest BCUT2D eigenvalue weighted by atomic mass is 10.2. The molecule has 0 bridgehead atoms. The summed E-state index contributed by atoms with van der Waals surface area (Å²) in [4.78, 5) is 14.2. The maximum absolute atomic E-state index is 5.91. The van der Waals surface area contributed by atoms with Crippen molar-refractivity contribution in [2.45, 2.75) is 26.8 Å². The summed E-state index contributed by atoms with van der Waals surface area (Å²) in [5.41, 5.74) is 10.1. The molecular weight excluding hydrogens is 262 g/mol. The monoisotopic (exact) mass is 280 g/mol. The molecule has 2 aromatic rings. The van der Waals surface area contributed by atoms with E-state index in [9.17, 15) is 0 Å². The first-order valence-electron chi connectivity index (χ1n) is 5.98. The molecule has 0 atom stereocenters. The molecule has 0 aliphatic rings. The van der Waals surface area contributed by atoms with Crippen molar-refractivity contribution in [3.63, 3.8) is 0 Å². The summed E-state index contributed by atoms with van der Waals surface area (Å²) >= 11 is 1.69. The quantitative estimate of drug-likeness (QED) is 0.615. The first-order valence-corrected chi connectivity index (χ1v) is 6.86. The Morgan fingerprint density at radius 1 is 1.42 bits per heavy atom. The summed E-state index contributed by atoms with van der Waals surface area (Å²) in [5.74, 6) is 6.28. The van der Waals surface area contributed by atoms with E-state index in [1.807, 2.05) is 6.92 Å². The summed E-state index contributed by atoms with van der Waals surface area (Å²) in [6.45, 7) is 5.11. The first kappa shape index (κ1) is 13.9. The minimum absolute atomic E-state index is 0.525. The Kier molecular flexibility index (Phi) is 4.41. The average molecular weight is 280 g/mol. The highest BCUT2D eigenvalue weighted by molar-refractivity contribution is 7.09. The van der Waals surface area contributed by atoms with Crippen molar-refractivity contribution in [2.75, 3.05) is 12.3 Å². The summed E-state index contributed by atoms with van der Waals surface area (Å²) in [6.07, 6.45) is 2.60. The lowest BCUT2D eigenvalue weighted by Gasteiger charge is -2.02. The number of anilines is 1. The molecule has 2 heterocycles. The molecule has 0 spiro atoms. The summed E-state index contributed by atoms with van der Waals surface area (Å²) in [7, 11) is 0. The molecular formula is C12H18N5OS+. The van der Waals surface area contributed by atoms with Gasteiger partial charge in [0, 0.05) is 19.5 Å². The summed E-state index contributed by atoms with van der Waals surface area (Å²) in [6, 6.07) is 0. The molecule has 7 heteroatoms. The van der Waals surface area contributed by atoms with Gasteiger partial charge in [0.05, 0.1) is 17.0 Å². The van der Waals surface area contributed by atoms with Gasteiger partial charge in [0.2, 0.25) is 5.51 Å². The van der Waals surface area contributed by atoms with Gasteiger partial charge in [0.1, 0.15) is 11.6 Å². The van der Waals surface area contributed by atoms with Gasteiger partial charge in [0.15, 0.2) is 12.2 Å². The average Bonchev–Trinajstić information content (AvgIpc) is 2.72. The Hall–Kier alpha value is -1.57. The third-order valence-electron chi connectivity index (χ3n) is 2.96. The molecule has 2 aromatic heterocycles. The predicted molar refractivity (Wildman–Crippen MR) is 73.4 cm³/mol. The zero-order valence-electron chi connectivity index (χ0n) is 11.1. The number of nitrogens with zero attached hydrogens (tertiary/aromatic N) is 3. The van der Waals surface area contributed by atoms with Crippen LogP contribution in [0.3, 0.4) is 0 Å². The normalized spacial score (nSPS) is 10.9. The Morgan fingerprint density at radius 2 is 2.21 bits per heavy atom. The van der Waals surface area contributed by atoms with Crippen LogP contribution in [0.2, 0.25) is 0 Å². The smallest absolute Gasteiger partial charge is 0.225 e. The lowest BCUT2D eigenvalue weighted by Crippen LogP contribution is -2.35. The Balaban J connectivity index is 2.17. The minimum atomic E-state index is 0.525. The van der Waals surface area contributed by atoms with Gasteiger partial charge >= 0.3 is 0 Å². The van der Waals surface area contributed by atoms with E-state index in [0.29, 0.717) is 24.8 Å². The minimum Gasteiger partial charge on any atom is -0.383 e. The van der Waals surface area contributed by atoms with Crippen LogP contribution in [0.15, 0.2) is 11.7 Å². The number of hydrogen-bond donors (Lipinski definition) is 2. The fourth-order valence-corrected chi connectivity index (χ4v) is 2.79. The zero-order valence-corrected chi connectivity index (χ0v) is 11.9. The molecule has 0 aromatic carbocycles. The molecule has 102 valence electrons. The topological polar surface area (TPSA) is 90.9 Å². The molecule has 0 aliphatic carbocycles. The van der Waals surface area contributed by atoms with Crippen molar-refractivity contribution in [2.24, 2.45) is 5.90 Å². The predicted octanol–water partition coefficient (Wildman–Crippen LogP) is 0.506. The van der Waals surface area contributed by atoms with Crippen LogP contribution in [0.5, 0.6) is 0 Å². The second kappa shape index (κ2) is 6.05. The van der Waals surface area contributed by atoms with Gasteiger partial charge in [-0.2, -0.15) is 4.57 Å². The maximum Gasteiger partial charge on any atom is 0.225 e. The van der Waals surface area contributed by atoms with Crippen LogP contribution in [0.1, 0.15) is 22.0 Å². The Morgan fingerprint density at radius 3 is 2.89 bits per heavy atom. The maximum atomic E-state index is 5.91. The molecule has 4 N–H and O–H groups in total. The van der Waals surface area contributed by atoms with Crippen molar-refractivity contribution in [1.29, 1.82) is 0 Å².